The van der Waals surface area contributed by atoms with Crippen molar-refractivity contribution in [3.05, 3.63) is 22.2 Å². The topological polar surface area (TPSA) is 64.6 Å². The highest BCUT2D eigenvalue weighted by Gasteiger charge is 2.32. The first-order chi connectivity index (χ1) is 13.2. The average molecular weight is 570 g/mol. The van der Waals surface area contributed by atoms with Crippen LogP contribution in [0.1, 0.15) is 18.4 Å². The van der Waals surface area contributed by atoms with Gasteiger partial charge in [0.1, 0.15) is 6.10 Å². The Labute approximate surface area is 192 Å². The van der Waals surface area contributed by atoms with E-state index in [2.05, 4.69) is 31.1 Å². The van der Waals surface area contributed by atoms with Crippen LogP contribution in [0, 0.1) is 0 Å². The van der Waals surface area contributed by atoms with Crippen molar-refractivity contribution in [1.29, 1.82) is 0 Å². The lowest BCUT2D eigenvalue weighted by Gasteiger charge is -2.37. The molecule has 7 nitrogen and oxygen atoms in total. The molecule has 9 heteroatoms. The molecular formula is C19H29BrIN3O4. The molecule has 2 heterocycles. The van der Waals surface area contributed by atoms with Gasteiger partial charge in [-0.3, -0.25) is 4.99 Å². The molecule has 158 valence electrons. The zero-order valence-electron chi connectivity index (χ0n) is 16.6. The number of hydrogen-bond acceptors (Lipinski definition) is 5. The van der Waals surface area contributed by atoms with Crippen LogP contribution in [0.4, 0.5) is 0 Å². The van der Waals surface area contributed by atoms with Crippen molar-refractivity contribution in [3.8, 4) is 11.5 Å². The Morgan fingerprint density at radius 1 is 1.21 bits per heavy atom. The largest absolute Gasteiger partial charge is 0.493 e. The van der Waals surface area contributed by atoms with Gasteiger partial charge in [-0.15, -0.1) is 24.0 Å². The zero-order valence-corrected chi connectivity index (χ0v) is 20.5. The molecule has 2 aliphatic rings. The fourth-order valence-corrected chi connectivity index (χ4v) is 3.99. The smallest absolute Gasteiger partial charge is 0.194 e. The molecular weight excluding hydrogens is 541 g/mol. The van der Waals surface area contributed by atoms with Crippen molar-refractivity contribution >= 4 is 45.9 Å². The Bertz CT molecular complexity index is 671. The van der Waals surface area contributed by atoms with Gasteiger partial charge in [-0.2, -0.15) is 0 Å². The van der Waals surface area contributed by atoms with Crippen molar-refractivity contribution < 1.29 is 18.9 Å². The fourth-order valence-electron chi connectivity index (χ4n) is 3.53. The Morgan fingerprint density at radius 3 is 2.57 bits per heavy atom. The second-order valence-electron chi connectivity index (χ2n) is 6.61. The van der Waals surface area contributed by atoms with Crippen molar-refractivity contribution in [1.82, 2.24) is 10.2 Å². The molecule has 0 aromatic heterocycles. The molecule has 3 rings (SSSR count). The van der Waals surface area contributed by atoms with Crippen molar-refractivity contribution in [2.75, 3.05) is 47.6 Å². The van der Waals surface area contributed by atoms with Crippen LogP contribution in [-0.2, 0) is 16.0 Å². The molecule has 0 radical (unpaired) electrons. The van der Waals surface area contributed by atoms with Crippen LogP contribution in [0.15, 0.2) is 21.6 Å². The number of aliphatic imine (C=N–C) groups is 1. The standard InChI is InChI=1S/C19H28BrN3O4.HI/c1-21-19(23-6-8-27-18(12-23)15-5-4-7-26-15)22-11-13-9-16(24-2)17(25-3)10-14(13)20;/h9-10,15,18H,4-8,11-12H2,1-3H3,(H,21,22);1H. The van der Waals surface area contributed by atoms with Crippen LogP contribution >= 0.6 is 39.9 Å². The summed E-state index contributed by atoms with van der Waals surface area (Å²) in [6, 6.07) is 3.89. The molecule has 0 spiro atoms. The first kappa shape index (κ1) is 23.5. The van der Waals surface area contributed by atoms with E-state index >= 15 is 0 Å². The number of guanidine groups is 1. The van der Waals surface area contributed by atoms with E-state index in [0.29, 0.717) is 24.7 Å². The van der Waals surface area contributed by atoms with Gasteiger partial charge in [0.05, 0.1) is 26.9 Å². The van der Waals surface area contributed by atoms with Gasteiger partial charge in [0.15, 0.2) is 17.5 Å². The maximum Gasteiger partial charge on any atom is 0.194 e. The highest BCUT2D eigenvalue weighted by Crippen LogP contribution is 2.33. The molecule has 0 aliphatic carbocycles. The lowest BCUT2D eigenvalue weighted by molar-refractivity contribution is -0.0817. The SMILES string of the molecule is CN=C(NCc1cc(OC)c(OC)cc1Br)N1CCOC(C2CCCO2)C1.I. The summed E-state index contributed by atoms with van der Waals surface area (Å²) in [5, 5.41) is 3.45. The molecule has 2 fully saturated rings. The zero-order chi connectivity index (χ0) is 19.2. The first-order valence-corrected chi connectivity index (χ1v) is 10.0. The monoisotopic (exact) mass is 569 g/mol. The van der Waals surface area contributed by atoms with E-state index < -0.39 is 0 Å². The van der Waals surface area contributed by atoms with Gasteiger partial charge >= 0.3 is 0 Å². The number of nitrogens with one attached hydrogen (secondary N) is 1. The maximum absolute atomic E-state index is 5.94. The number of methoxy groups -OCH3 is 2. The van der Waals surface area contributed by atoms with E-state index in [1.807, 2.05) is 19.2 Å². The van der Waals surface area contributed by atoms with E-state index in [1.165, 1.54) is 0 Å². The fraction of sp³-hybridized carbons (Fsp3) is 0.632. The highest BCUT2D eigenvalue weighted by molar-refractivity contribution is 14.0. The Kier molecular flexibility index (Phi) is 9.58. The summed E-state index contributed by atoms with van der Waals surface area (Å²) in [6.07, 6.45) is 2.49. The summed E-state index contributed by atoms with van der Waals surface area (Å²) in [7, 11) is 5.08. The second kappa shape index (κ2) is 11.4. The molecule has 0 saturated carbocycles. The highest BCUT2D eigenvalue weighted by atomic mass is 127. The van der Waals surface area contributed by atoms with Gasteiger partial charge in [-0.05, 0) is 30.5 Å². The van der Waals surface area contributed by atoms with Crippen LogP contribution in [0.5, 0.6) is 11.5 Å². The number of ether oxygens (including phenoxy) is 4. The third-order valence-corrected chi connectivity index (χ3v) is 5.71. The van der Waals surface area contributed by atoms with E-state index in [0.717, 1.165) is 48.5 Å². The lowest BCUT2D eigenvalue weighted by Crippen LogP contribution is -2.53. The molecule has 0 bridgehead atoms. The molecule has 2 aliphatic heterocycles. The third-order valence-electron chi connectivity index (χ3n) is 4.97. The Hall–Kier alpha value is -0.780. The minimum Gasteiger partial charge on any atom is -0.493 e. The maximum atomic E-state index is 5.94. The lowest BCUT2D eigenvalue weighted by atomic mass is 10.1. The predicted molar refractivity (Wildman–Crippen MR) is 123 cm³/mol. The second-order valence-corrected chi connectivity index (χ2v) is 7.46. The number of benzene rings is 1. The van der Waals surface area contributed by atoms with Gasteiger partial charge in [0.2, 0.25) is 0 Å². The van der Waals surface area contributed by atoms with Crippen molar-refractivity contribution in [2.45, 2.75) is 31.6 Å². The minimum absolute atomic E-state index is 0. The van der Waals surface area contributed by atoms with E-state index in [4.69, 9.17) is 18.9 Å². The summed E-state index contributed by atoms with van der Waals surface area (Å²) >= 11 is 3.61. The summed E-state index contributed by atoms with van der Waals surface area (Å²) in [6.45, 7) is 3.75. The molecule has 0 amide bonds. The van der Waals surface area contributed by atoms with Crippen molar-refractivity contribution in [2.24, 2.45) is 4.99 Å². The van der Waals surface area contributed by atoms with Crippen LogP contribution in [-0.4, -0.2) is 70.6 Å². The van der Waals surface area contributed by atoms with Crippen molar-refractivity contribution in [3.63, 3.8) is 0 Å². The van der Waals surface area contributed by atoms with Gasteiger partial charge in [-0.1, -0.05) is 15.9 Å². The molecule has 2 atom stereocenters. The first-order valence-electron chi connectivity index (χ1n) is 9.25. The summed E-state index contributed by atoms with van der Waals surface area (Å²) < 4.78 is 23.4. The van der Waals surface area contributed by atoms with Gasteiger partial charge in [-0.25, -0.2) is 0 Å². The molecule has 2 saturated heterocycles. The molecule has 1 aromatic rings. The summed E-state index contributed by atoms with van der Waals surface area (Å²) in [5.41, 5.74) is 1.07. The normalized spacial score (nSPS) is 22.6. The Morgan fingerprint density at radius 2 is 1.93 bits per heavy atom. The number of halogens is 2. The van der Waals surface area contributed by atoms with Crippen LogP contribution in [0.25, 0.3) is 0 Å². The number of rotatable bonds is 5. The van der Waals surface area contributed by atoms with E-state index in [-0.39, 0.29) is 36.2 Å². The van der Waals surface area contributed by atoms with E-state index in [9.17, 15) is 0 Å². The van der Waals surface area contributed by atoms with Crippen LogP contribution in [0.2, 0.25) is 0 Å². The molecule has 1 aromatic carbocycles. The minimum atomic E-state index is 0. The number of hydrogen-bond donors (Lipinski definition) is 1. The average Bonchev–Trinajstić information content (AvgIpc) is 3.24. The predicted octanol–water partition coefficient (Wildman–Crippen LogP) is 3.04. The Balaban J connectivity index is 0.00000280. The number of nitrogens with zero attached hydrogens (tertiary/aromatic N) is 2. The molecule has 28 heavy (non-hydrogen) atoms. The van der Waals surface area contributed by atoms with Crippen LogP contribution in [0.3, 0.4) is 0 Å². The third kappa shape index (κ3) is 5.64. The summed E-state index contributed by atoms with van der Waals surface area (Å²) in [5.74, 6) is 2.27. The molecule has 1 N–H and O–H groups in total. The van der Waals surface area contributed by atoms with Gasteiger partial charge in [0.25, 0.3) is 0 Å². The van der Waals surface area contributed by atoms with Crippen LogP contribution < -0.4 is 14.8 Å². The quantitative estimate of drug-likeness (QED) is 0.334. The van der Waals surface area contributed by atoms with Gasteiger partial charge < -0.3 is 29.2 Å². The van der Waals surface area contributed by atoms with E-state index in [1.54, 1.807) is 14.2 Å². The number of morpholine rings is 1. The molecule has 2 unspecified atom stereocenters. The van der Waals surface area contributed by atoms with Gasteiger partial charge in [0, 0.05) is 37.8 Å². The summed E-state index contributed by atoms with van der Waals surface area (Å²) in [4.78, 5) is 6.70.